The summed E-state index contributed by atoms with van der Waals surface area (Å²) in [4.78, 5) is 11.2. The van der Waals surface area contributed by atoms with Gasteiger partial charge in [-0.2, -0.15) is 15.3 Å². The molecule has 1 aliphatic rings. The van der Waals surface area contributed by atoms with Crippen LogP contribution in [0, 0.1) is 0 Å². The number of aromatic hydroxyl groups is 1. The summed E-state index contributed by atoms with van der Waals surface area (Å²) >= 11 is 5.79. The van der Waals surface area contributed by atoms with Crippen molar-refractivity contribution >= 4 is 35.6 Å². The Morgan fingerprint density at radius 3 is 3.11 bits per heavy atom. The van der Waals surface area contributed by atoms with Gasteiger partial charge in [-0.25, -0.2) is 5.43 Å². The van der Waals surface area contributed by atoms with E-state index >= 15 is 0 Å². The first-order valence-corrected chi connectivity index (χ1v) is 5.47. The predicted molar refractivity (Wildman–Crippen MR) is 69.4 cm³/mol. The first kappa shape index (κ1) is 12.3. The standard InChI is InChI=1S/C11H9ClN4O2/c12-10-9(6-14-16-11(10)18)15-13-5-7-2-1-3-8(17)4-7/h1-6,10,17H,(H,16,18)/b13-5-,15-9-. The number of phenolic OH excluding ortho intramolecular Hbond substituents is 1. The number of rotatable bonds is 2. The van der Waals surface area contributed by atoms with Crippen LogP contribution in [0.15, 0.2) is 39.6 Å². The number of carbonyl (C=O) groups is 1. The second kappa shape index (κ2) is 5.42. The second-order valence-electron chi connectivity index (χ2n) is 3.46. The molecule has 1 unspecified atom stereocenters. The van der Waals surface area contributed by atoms with Crippen molar-refractivity contribution in [2.75, 3.05) is 0 Å². The van der Waals surface area contributed by atoms with Gasteiger partial charge in [-0.05, 0) is 17.7 Å². The highest BCUT2D eigenvalue weighted by Gasteiger charge is 2.23. The smallest absolute Gasteiger partial charge is 0.264 e. The molecular formula is C11H9ClN4O2. The third kappa shape index (κ3) is 2.92. The van der Waals surface area contributed by atoms with Gasteiger partial charge in [0.15, 0.2) is 5.38 Å². The van der Waals surface area contributed by atoms with Crippen LogP contribution in [0.25, 0.3) is 0 Å². The monoisotopic (exact) mass is 264 g/mol. The van der Waals surface area contributed by atoms with Crippen LogP contribution in [-0.2, 0) is 4.79 Å². The zero-order chi connectivity index (χ0) is 13.0. The van der Waals surface area contributed by atoms with Crippen LogP contribution in [0.3, 0.4) is 0 Å². The van der Waals surface area contributed by atoms with Crippen LogP contribution in [-0.4, -0.2) is 34.5 Å². The Morgan fingerprint density at radius 1 is 1.50 bits per heavy atom. The molecule has 2 N–H and O–H groups in total. The Hall–Kier alpha value is -2.21. The Morgan fingerprint density at radius 2 is 2.33 bits per heavy atom. The normalized spacial score (nSPS) is 21.5. The minimum absolute atomic E-state index is 0.139. The molecule has 1 heterocycles. The summed E-state index contributed by atoms with van der Waals surface area (Å²) in [7, 11) is 0. The van der Waals surface area contributed by atoms with Crippen molar-refractivity contribution in [1.29, 1.82) is 0 Å². The second-order valence-corrected chi connectivity index (χ2v) is 3.90. The van der Waals surface area contributed by atoms with E-state index < -0.39 is 11.3 Å². The molecular weight excluding hydrogens is 256 g/mol. The Kier molecular flexibility index (Phi) is 3.69. The molecule has 1 atom stereocenters. The summed E-state index contributed by atoms with van der Waals surface area (Å²) in [6, 6.07) is 6.52. The van der Waals surface area contributed by atoms with Crippen molar-refractivity contribution in [2.24, 2.45) is 15.3 Å². The van der Waals surface area contributed by atoms with Crippen LogP contribution in [0.2, 0.25) is 0 Å². The molecule has 0 aliphatic carbocycles. The fourth-order valence-electron chi connectivity index (χ4n) is 1.26. The number of phenols is 1. The number of hydrogen-bond acceptors (Lipinski definition) is 5. The van der Waals surface area contributed by atoms with Crippen LogP contribution in [0.4, 0.5) is 0 Å². The molecule has 0 radical (unpaired) electrons. The van der Waals surface area contributed by atoms with E-state index in [1.54, 1.807) is 18.2 Å². The Balaban J connectivity index is 2.13. The van der Waals surface area contributed by atoms with Crippen LogP contribution in [0.5, 0.6) is 5.75 Å². The first-order valence-electron chi connectivity index (χ1n) is 5.04. The number of alkyl halides is 1. The predicted octanol–water partition coefficient (Wildman–Crippen LogP) is 0.890. The maximum atomic E-state index is 11.2. The molecule has 1 aromatic carbocycles. The van der Waals surface area contributed by atoms with E-state index in [1.807, 2.05) is 0 Å². The highest BCUT2D eigenvalue weighted by atomic mass is 35.5. The summed E-state index contributed by atoms with van der Waals surface area (Å²) in [5, 5.41) is 19.5. The summed E-state index contributed by atoms with van der Waals surface area (Å²) in [5.41, 5.74) is 3.15. The molecule has 92 valence electrons. The summed E-state index contributed by atoms with van der Waals surface area (Å²) in [6.45, 7) is 0. The topological polar surface area (TPSA) is 86.4 Å². The number of nitrogens with zero attached hydrogens (tertiary/aromatic N) is 3. The number of hydrazone groups is 1. The molecule has 0 spiro atoms. The zero-order valence-electron chi connectivity index (χ0n) is 9.12. The van der Waals surface area contributed by atoms with E-state index in [-0.39, 0.29) is 11.5 Å². The highest BCUT2D eigenvalue weighted by molar-refractivity contribution is 6.54. The van der Waals surface area contributed by atoms with Crippen molar-refractivity contribution in [1.82, 2.24) is 5.43 Å². The molecule has 1 aliphatic heterocycles. The van der Waals surface area contributed by atoms with E-state index in [0.29, 0.717) is 5.56 Å². The number of benzene rings is 1. The van der Waals surface area contributed by atoms with E-state index in [9.17, 15) is 9.90 Å². The van der Waals surface area contributed by atoms with Crippen molar-refractivity contribution in [3.63, 3.8) is 0 Å². The molecule has 0 saturated heterocycles. The van der Waals surface area contributed by atoms with Crippen molar-refractivity contribution < 1.29 is 9.90 Å². The summed E-state index contributed by atoms with van der Waals surface area (Å²) in [6.07, 6.45) is 2.77. The average Bonchev–Trinajstić information content (AvgIpc) is 2.35. The van der Waals surface area contributed by atoms with Crippen LogP contribution >= 0.6 is 11.6 Å². The SMILES string of the molecule is O=C1NN=C/C(=N/N=C\c2cccc(O)c2)C1Cl. The molecule has 7 heteroatoms. The molecule has 2 rings (SSSR count). The number of carbonyl (C=O) groups excluding carboxylic acids is 1. The van der Waals surface area contributed by atoms with Gasteiger partial charge in [0.2, 0.25) is 0 Å². The van der Waals surface area contributed by atoms with Crippen molar-refractivity contribution in [2.45, 2.75) is 5.38 Å². The van der Waals surface area contributed by atoms with Gasteiger partial charge in [-0.15, -0.1) is 11.6 Å². The van der Waals surface area contributed by atoms with Gasteiger partial charge in [-0.3, -0.25) is 4.79 Å². The van der Waals surface area contributed by atoms with E-state index in [1.165, 1.54) is 18.5 Å². The van der Waals surface area contributed by atoms with Gasteiger partial charge in [0.05, 0.1) is 12.4 Å². The number of halogens is 1. The minimum atomic E-state index is -0.899. The summed E-state index contributed by atoms with van der Waals surface area (Å²) in [5.74, 6) is -0.300. The van der Waals surface area contributed by atoms with Crippen molar-refractivity contribution in [3.8, 4) is 5.75 Å². The average molecular weight is 265 g/mol. The molecule has 0 saturated carbocycles. The number of hydrogen-bond donors (Lipinski definition) is 2. The van der Waals surface area contributed by atoms with Crippen LogP contribution in [0.1, 0.15) is 5.56 Å². The van der Waals surface area contributed by atoms with Gasteiger partial charge >= 0.3 is 0 Å². The largest absolute Gasteiger partial charge is 0.508 e. The molecule has 18 heavy (non-hydrogen) atoms. The zero-order valence-corrected chi connectivity index (χ0v) is 9.87. The maximum Gasteiger partial charge on any atom is 0.264 e. The van der Waals surface area contributed by atoms with Gasteiger partial charge < -0.3 is 5.11 Å². The lowest BCUT2D eigenvalue weighted by Gasteiger charge is -2.10. The highest BCUT2D eigenvalue weighted by Crippen LogP contribution is 2.09. The van der Waals surface area contributed by atoms with E-state index in [4.69, 9.17) is 11.6 Å². The minimum Gasteiger partial charge on any atom is -0.508 e. The lowest BCUT2D eigenvalue weighted by molar-refractivity contribution is -0.119. The van der Waals surface area contributed by atoms with Crippen molar-refractivity contribution in [3.05, 3.63) is 29.8 Å². The van der Waals surface area contributed by atoms with E-state index in [2.05, 4.69) is 20.7 Å². The quantitative estimate of drug-likeness (QED) is 0.472. The van der Waals surface area contributed by atoms with Gasteiger partial charge in [0.25, 0.3) is 5.91 Å². The fourth-order valence-corrected chi connectivity index (χ4v) is 1.41. The first-order chi connectivity index (χ1) is 8.66. The third-order valence-electron chi connectivity index (χ3n) is 2.11. The molecule has 1 amide bonds. The van der Waals surface area contributed by atoms with Crippen LogP contribution < -0.4 is 5.43 Å². The third-order valence-corrected chi connectivity index (χ3v) is 2.53. The molecule has 1 aromatic rings. The lowest BCUT2D eigenvalue weighted by Crippen LogP contribution is -2.38. The molecule has 0 fully saturated rings. The Bertz CT molecular complexity index is 554. The van der Waals surface area contributed by atoms with Gasteiger partial charge in [0.1, 0.15) is 11.5 Å². The van der Waals surface area contributed by atoms with Gasteiger partial charge in [-0.1, -0.05) is 12.1 Å². The molecule has 6 nitrogen and oxygen atoms in total. The maximum absolute atomic E-state index is 11.2. The Labute approximate surface area is 108 Å². The number of amides is 1. The van der Waals surface area contributed by atoms with Gasteiger partial charge in [0, 0.05) is 0 Å². The lowest BCUT2D eigenvalue weighted by atomic mass is 10.2. The fraction of sp³-hybridized carbons (Fsp3) is 0.0909. The molecule has 0 aromatic heterocycles. The number of nitrogens with one attached hydrogen (secondary N) is 1. The molecule has 0 bridgehead atoms. The van der Waals surface area contributed by atoms with E-state index in [0.717, 1.165) is 0 Å². The summed E-state index contributed by atoms with van der Waals surface area (Å²) < 4.78 is 0.